The lowest BCUT2D eigenvalue weighted by atomic mass is 9.98. The molecule has 42 heavy (non-hydrogen) atoms. The van der Waals surface area contributed by atoms with Gasteiger partial charge in [0.25, 0.3) is 0 Å². The van der Waals surface area contributed by atoms with E-state index in [4.69, 9.17) is 25.8 Å². The Bertz CT molecular complexity index is 1550. The Labute approximate surface area is 252 Å². The number of halogens is 1. The number of ether oxygens (including phenoxy) is 3. The largest absolute Gasteiger partial charge is 0.467 e. The Morgan fingerprint density at radius 1 is 1.10 bits per heavy atom. The topological polar surface area (TPSA) is 117 Å². The van der Waals surface area contributed by atoms with Gasteiger partial charge in [-0.05, 0) is 47.3 Å². The van der Waals surface area contributed by atoms with Crippen molar-refractivity contribution in [2.24, 2.45) is 0 Å². The number of carbonyl (C=O) groups excluding carboxylic acids is 2. The van der Waals surface area contributed by atoms with Crippen LogP contribution in [0.1, 0.15) is 42.5 Å². The normalized spacial score (nSPS) is 18.4. The molecule has 12 heteroatoms. The Morgan fingerprint density at radius 2 is 1.83 bits per heavy atom. The Morgan fingerprint density at radius 3 is 2.57 bits per heavy atom. The molecule has 3 heterocycles. The van der Waals surface area contributed by atoms with Gasteiger partial charge in [-0.2, -0.15) is 11.8 Å². The summed E-state index contributed by atoms with van der Waals surface area (Å²) in [5.74, 6) is 0.812. The molecule has 2 aliphatic rings. The molecule has 6 rings (SSSR count). The number of hydrogen-bond acceptors (Lipinski definition) is 9. The highest BCUT2D eigenvalue weighted by Crippen LogP contribution is 2.44. The van der Waals surface area contributed by atoms with E-state index in [1.165, 1.54) is 13.4 Å². The minimum atomic E-state index is -0.808. The van der Waals surface area contributed by atoms with Crippen molar-refractivity contribution in [1.82, 2.24) is 24.8 Å². The molecule has 10 nitrogen and oxygen atoms in total. The number of alkyl carbamates (subject to hydrolysis) is 1. The number of aromatic nitrogens is 4. The highest BCUT2D eigenvalue weighted by molar-refractivity contribution is 7.99. The van der Waals surface area contributed by atoms with Gasteiger partial charge in [0.15, 0.2) is 10.8 Å². The van der Waals surface area contributed by atoms with Crippen LogP contribution < -0.4 is 5.32 Å². The first kappa shape index (κ1) is 28.4. The van der Waals surface area contributed by atoms with Crippen molar-refractivity contribution >= 4 is 46.6 Å². The quantitative estimate of drug-likeness (QED) is 0.144. The fraction of sp³-hybridized carbons (Fsp3) is 0.367. The molecule has 0 bridgehead atoms. The highest BCUT2D eigenvalue weighted by Gasteiger charge is 2.31. The van der Waals surface area contributed by atoms with Crippen LogP contribution in [-0.4, -0.2) is 68.9 Å². The summed E-state index contributed by atoms with van der Waals surface area (Å²) in [6, 6.07) is 15.5. The van der Waals surface area contributed by atoms with E-state index in [2.05, 4.69) is 44.5 Å². The molecular weight excluding hydrogens is 578 g/mol. The van der Waals surface area contributed by atoms with Crippen molar-refractivity contribution in [2.45, 2.75) is 43.6 Å². The predicted octanol–water partition coefficient (Wildman–Crippen LogP) is 5.36. The molecular formula is C30H30ClN5O5S. The lowest BCUT2D eigenvalue weighted by Gasteiger charge is -2.19. The standard InChI is InChI=1S/C30H30ClN5O5S/c1-39-29(37)24(35-30(38)40-14-23-21-8-4-2-6-19(21)20-7-3-5-9-22(20)23)12-13-42-15-18-10-11-25(41-18)36-17-34-26-27(31)32-16-33-28(26)36/h2-9,16-18,23-25H,10-15H2,1H3,(H,35,38)/t18-,24-,25+/m0/s1. The van der Waals surface area contributed by atoms with Gasteiger partial charge in [-0.1, -0.05) is 60.1 Å². The summed E-state index contributed by atoms with van der Waals surface area (Å²) < 4.78 is 18.7. The van der Waals surface area contributed by atoms with Gasteiger partial charge < -0.3 is 19.5 Å². The lowest BCUT2D eigenvalue weighted by molar-refractivity contribution is -0.143. The van der Waals surface area contributed by atoms with Crippen LogP contribution in [0.4, 0.5) is 4.79 Å². The van der Waals surface area contributed by atoms with Gasteiger partial charge in [0.05, 0.1) is 19.5 Å². The molecule has 1 saturated heterocycles. The van der Waals surface area contributed by atoms with E-state index in [9.17, 15) is 9.59 Å². The van der Waals surface area contributed by atoms with E-state index in [0.29, 0.717) is 28.5 Å². The first-order valence-corrected chi connectivity index (χ1v) is 15.3. The van der Waals surface area contributed by atoms with Crippen LogP contribution in [0.15, 0.2) is 61.2 Å². The smallest absolute Gasteiger partial charge is 0.407 e. The van der Waals surface area contributed by atoms with Crippen molar-refractivity contribution in [2.75, 3.05) is 25.2 Å². The van der Waals surface area contributed by atoms with E-state index in [1.54, 1.807) is 18.1 Å². The van der Waals surface area contributed by atoms with Crippen LogP contribution in [-0.2, 0) is 19.0 Å². The average Bonchev–Trinajstić information content (AvgIpc) is 3.74. The second kappa shape index (κ2) is 12.7. The molecule has 1 aliphatic carbocycles. The summed E-state index contributed by atoms with van der Waals surface area (Å²) in [5, 5.41) is 3.02. The van der Waals surface area contributed by atoms with Crippen LogP contribution >= 0.6 is 23.4 Å². The Hall–Kier alpha value is -3.67. The van der Waals surface area contributed by atoms with E-state index in [0.717, 1.165) is 40.8 Å². The van der Waals surface area contributed by atoms with Crippen molar-refractivity contribution in [3.63, 3.8) is 0 Å². The monoisotopic (exact) mass is 607 g/mol. The van der Waals surface area contributed by atoms with Gasteiger partial charge in [0.2, 0.25) is 0 Å². The van der Waals surface area contributed by atoms with E-state index in [1.807, 2.05) is 28.8 Å². The molecule has 0 saturated carbocycles. The number of nitrogens with zero attached hydrogens (tertiary/aromatic N) is 4. The van der Waals surface area contributed by atoms with Crippen molar-refractivity contribution < 1.29 is 23.8 Å². The average molecular weight is 608 g/mol. The number of imidazole rings is 1. The van der Waals surface area contributed by atoms with Gasteiger partial charge in [0, 0.05) is 11.7 Å². The van der Waals surface area contributed by atoms with Crippen LogP contribution in [0.25, 0.3) is 22.3 Å². The van der Waals surface area contributed by atoms with E-state index < -0.39 is 18.1 Å². The Kier molecular flexibility index (Phi) is 8.59. The van der Waals surface area contributed by atoms with Crippen molar-refractivity contribution in [3.05, 3.63) is 77.5 Å². The maximum absolute atomic E-state index is 12.8. The van der Waals surface area contributed by atoms with Gasteiger partial charge in [-0.25, -0.2) is 24.5 Å². The minimum Gasteiger partial charge on any atom is -0.467 e. The number of hydrogen-bond donors (Lipinski definition) is 1. The number of carbonyl (C=O) groups is 2. The first-order chi connectivity index (χ1) is 20.5. The fourth-order valence-electron chi connectivity index (χ4n) is 5.64. The molecule has 0 radical (unpaired) electrons. The Balaban J connectivity index is 0.979. The van der Waals surface area contributed by atoms with E-state index >= 15 is 0 Å². The zero-order valence-electron chi connectivity index (χ0n) is 22.9. The highest BCUT2D eigenvalue weighted by atomic mass is 35.5. The molecule has 3 atom stereocenters. The minimum absolute atomic E-state index is 0.0430. The third kappa shape index (κ3) is 5.81. The van der Waals surface area contributed by atoms with Gasteiger partial charge in [0.1, 0.15) is 30.7 Å². The molecule has 1 N–H and O–H groups in total. The number of methoxy groups -OCH3 is 1. The van der Waals surface area contributed by atoms with E-state index in [-0.39, 0.29) is 24.9 Å². The zero-order valence-corrected chi connectivity index (χ0v) is 24.5. The van der Waals surface area contributed by atoms with Crippen LogP contribution in [0, 0.1) is 0 Å². The summed E-state index contributed by atoms with van der Waals surface area (Å²) in [6.07, 6.45) is 4.43. The number of benzene rings is 2. The number of amides is 1. The zero-order chi connectivity index (χ0) is 29.1. The molecule has 2 aromatic heterocycles. The summed E-state index contributed by atoms with van der Waals surface area (Å²) in [7, 11) is 1.31. The molecule has 4 aromatic rings. The molecule has 0 spiro atoms. The maximum atomic E-state index is 12.8. The number of rotatable bonds is 10. The van der Waals surface area contributed by atoms with Crippen molar-refractivity contribution in [3.8, 4) is 11.1 Å². The second-order valence-electron chi connectivity index (χ2n) is 10.2. The maximum Gasteiger partial charge on any atom is 0.407 e. The summed E-state index contributed by atoms with van der Waals surface area (Å²) in [4.78, 5) is 37.8. The SMILES string of the molecule is COC(=O)[C@H](CCSC[C@@H]1CC[C@H](n2cnc3c(Cl)ncnc32)O1)NC(=O)OCC1c2ccccc2-c2ccccc21. The number of thioether (sulfide) groups is 1. The molecule has 1 fully saturated rings. The lowest BCUT2D eigenvalue weighted by Crippen LogP contribution is -2.42. The predicted molar refractivity (Wildman–Crippen MR) is 159 cm³/mol. The summed E-state index contributed by atoms with van der Waals surface area (Å²) in [6.45, 7) is 0.174. The second-order valence-corrected chi connectivity index (χ2v) is 11.7. The number of nitrogens with one attached hydrogen (secondary N) is 1. The molecule has 1 aliphatic heterocycles. The van der Waals surface area contributed by atoms with Crippen LogP contribution in [0.2, 0.25) is 5.15 Å². The fourth-order valence-corrected chi connectivity index (χ4v) is 6.89. The van der Waals surface area contributed by atoms with Gasteiger partial charge in [-0.3, -0.25) is 4.57 Å². The van der Waals surface area contributed by atoms with Crippen LogP contribution in [0.5, 0.6) is 0 Å². The molecule has 1 amide bonds. The van der Waals surface area contributed by atoms with Gasteiger partial charge >= 0.3 is 12.1 Å². The molecule has 0 unspecified atom stereocenters. The number of fused-ring (bicyclic) bond motifs is 4. The third-order valence-corrected chi connectivity index (χ3v) is 9.09. The van der Waals surface area contributed by atoms with Gasteiger partial charge in [-0.15, -0.1) is 0 Å². The van der Waals surface area contributed by atoms with Crippen molar-refractivity contribution in [1.29, 1.82) is 0 Å². The molecule has 2 aromatic carbocycles. The molecule has 218 valence electrons. The summed E-state index contributed by atoms with van der Waals surface area (Å²) >= 11 is 7.79. The first-order valence-electron chi connectivity index (χ1n) is 13.8. The summed E-state index contributed by atoms with van der Waals surface area (Å²) in [5.41, 5.74) is 5.76. The van der Waals surface area contributed by atoms with Crippen LogP contribution in [0.3, 0.4) is 0 Å². The number of esters is 1. The third-order valence-electron chi connectivity index (χ3n) is 7.69.